The maximum Gasteiger partial charge on any atom is 0.317 e. The Morgan fingerprint density at radius 3 is 2.79 bits per heavy atom. The van der Waals surface area contributed by atoms with Gasteiger partial charge in [0.1, 0.15) is 5.37 Å². The number of thioether (sulfide) groups is 1. The van der Waals surface area contributed by atoms with Gasteiger partial charge in [0.25, 0.3) is 0 Å². The highest BCUT2D eigenvalue weighted by Gasteiger charge is 2.31. The minimum atomic E-state index is -3.18. The molecule has 82 valence electrons. The lowest BCUT2D eigenvalue weighted by Crippen LogP contribution is -2.48. The Balaban J connectivity index is 2.74. The summed E-state index contributed by atoms with van der Waals surface area (Å²) < 4.78 is 22.7. The van der Waals surface area contributed by atoms with Gasteiger partial charge in [0.15, 0.2) is 9.84 Å². The van der Waals surface area contributed by atoms with Crippen molar-refractivity contribution in [3.8, 4) is 0 Å². The maximum atomic E-state index is 11.3. The minimum absolute atomic E-state index is 0.196. The number of carbonyl (C=O) groups is 1. The summed E-state index contributed by atoms with van der Waals surface area (Å²) in [6.07, 6.45) is 1.15. The SMILES string of the molecule is CS(=O)(=O)C1CSCCN1CC(=O)O. The van der Waals surface area contributed by atoms with Crippen LogP contribution in [0.4, 0.5) is 0 Å². The number of rotatable bonds is 3. The zero-order chi connectivity index (χ0) is 10.8. The van der Waals surface area contributed by atoms with Crippen LogP contribution in [0.15, 0.2) is 0 Å². The number of carboxylic acids is 1. The standard InChI is InChI=1S/C7H13NO4S2/c1-14(11,12)6-5-13-3-2-8(6)4-7(9)10/h6H,2-5H2,1H3,(H,9,10). The molecule has 0 amide bonds. The largest absolute Gasteiger partial charge is 0.480 e. The quantitative estimate of drug-likeness (QED) is 0.715. The molecule has 1 rings (SSSR count). The van der Waals surface area contributed by atoms with Crippen LogP contribution in [0, 0.1) is 0 Å². The summed E-state index contributed by atoms with van der Waals surface area (Å²) in [6.45, 7) is 0.326. The van der Waals surface area contributed by atoms with Crippen molar-refractivity contribution in [2.45, 2.75) is 5.37 Å². The van der Waals surface area contributed by atoms with Crippen LogP contribution in [-0.2, 0) is 14.6 Å². The van der Waals surface area contributed by atoms with Crippen LogP contribution in [0.2, 0.25) is 0 Å². The van der Waals surface area contributed by atoms with Gasteiger partial charge in [0.2, 0.25) is 0 Å². The van der Waals surface area contributed by atoms with Crippen molar-refractivity contribution in [2.75, 3.05) is 30.9 Å². The molecule has 0 radical (unpaired) electrons. The average molecular weight is 239 g/mol. The maximum absolute atomic E-state index is 11.3. The second-order valence-electron chi connectivity index (χ2n) is 3.22. The van der Waals surface area contributed by atoms with Gasteiger partial charge in [0.05, 0.1) is 6.54 Å². The molecule has 0 saturated carbocycles. The van der Waals surface area contributed by atoms with Crippen molar-refractivity contribution in [3.05, 3.63) is 0 Å². The Morgan fingerprint density at radius 2 is 2.29 bits per heavy atom. The predicted octanol–water partition coefficient (Wildman–Crippen LogP) is -0.509. The van der Waals surface area contributed by atoms with E-state index in [1.165, 1.54) is 4.90 Å². The molecule has 0 aromatic heterocycles. The van der Waals surface area contributed by atoms with E-state index in [1.807, 2.05) is 0 Å². The topological polar surface area (TPSA) is 74.7 Å². The van der Waals surface area contributed by atoms with Gasteiger partial charge >= 0.3 is 5.97 Å². The van der Waals surface area contributed by atoms with Crippen LogP contribution in [-0.4, -0.2) is 60.6 Å². The molecule has 14 heavy (non-hydrogen) atoms. The third-order valence-electron chi connectivity index (χ3n) is 2.02. The zero-order valence-electron chi connectivity index (χ0n) is 7.84. The molecule has 0 aromatic carbocycles. The van der Waals surface area contributed by atoms with E-state index in [-0.39, 0.29) is 6.54 Å². The lowest BCUT2D eigenvalue weighted by molar-refractivity contribution is -0.138. The fourth-order valence-corrected chi connectivity index (χ4v) is 4.31. The van der Waals surface area contributed by atoms with Crippen molar-refractivity contribution in [2.24, 2.45) is 0 Å². The molecule has 1 atom stereocenters. The van der Waals surface area contributed by atoms with E-state index >= 15 is 0 Å². The highest BCUT2D eigenvalue weighted by atomic mass is 32.2. The van der Waals surface area contributed by atoms with Gasteiger partial charge in [-0.3, -0.25) is 9.69 Å². The van der Waals surface area contributed by atoms with E-state index in [4.69, 9.17) is 5.11 Å². The summed E-state index contributed by atoms with van der Waals surface area (Å²) in [7, 11) is -3.18. The first-order valence-electron chi connectivity index (χ1n) is 4.13. The van der Waals surface area contributed by atoms with Crippen LogP contribution in [0.25, 0.3) is 0 Å². The van der Waals surface area contributed by atoms with Gasteiger partial charge in [0, 0.05) is 24.3 Å². The molecule has 0 bridgehead atoms. The van der Waals surface area contributed by atoms with Crippen LogP contribution in [0.3, 0.4) is 0 Å². The van der Waals surface area contributed by atoms with Gasteiger partial charge in [-0.2, -0.15) is 11.8 Å². The molecular formula is C7H13NO4S2. The van der Waals surface area contributed by atoms with Crippen LogP contribution in [0.1, 0.15) is 0 Å². The summed E-state index contributed by atoms with van der Waals surface area (Å²) in [5.74, 6) is 0.274. The third-order valence-corrected chi connectivity index (χ3v) is 4.71. The summed E-state index contributed by atoms with van der Waals surface area (Å²) in [5, 5.41) is 7.96. The summed E-state index contributed by atoms with van der Waals surface area (Å²) >= 11 is 1.55. The summed E-state index contributed by atoms with van der Waals surface area (Å²) in [6, 6.07) is 0. The van der Waals surface area contributed by atoms with Crippen LogP contribution in [0.5, 0.6) is 0 Å². The molecule has 1 heterocycles. The lowest BCUT2D eigenvalue weighted by atomic mass is 10.4. The van der Waals surface area contributed by atoms with E-state index in [0.29, 0.717) is 12.3 Å². The second-order valence-corrected chi connectivity index (χ2v) is 6.58. The summed E-state index contributed by atoms with van der Waals surface area (Å²) in [4.78, 5) is 12.0. The summed E-state index contributed by atoms with van der Waals surface area (Å²) in [5.41, 5.74) is 0. The van der Waals surface area contributed by atoms with E-state index in [2.05, 4.69) is 0 Å². The van der Waals surface area contributed by atoms with Gasteiger partial charge in [-0.15, -0.1) is 0 Å². The average Bonchev–Trinajstić information content (AvgIpc) is 2.01. The molecule has 1 aliphatic heterocycles. The first kappa shape index (κ1) is 11.8. The van der Waals surface area contributed by atoms with Crippen molar-refractivity contribution < 1.29 is 18.3 Å². The molecule has 1 saturated heterocycles. The lowest BCUT2D eigenvalue weighted by Gasteiger charge is -2.32. The smallest absolute Gasteiger partial charge is 0.317 e. The molecular weight excluding hydrogens is 226 g/mol. The Morgan fingerprint density at radius 1 is 1.64 bits per heavy atom. The first-order chi connectivity index (χ1) is 6.41. The highest BCUT2D eigenvalue weighted by molar-refractivity contribution is 8.00. The molecule has 1 fully saturated rings. The molecule has 5 nitrogen and oxygen atoms in total. The van der Waals surface area contributed by atoms with Gasteiger partial charge < -0.3 is 5.11 Å². The van der Waals surface area contributed by atoms with E-state index in [0.717, 1.165) is 12.0 Å². The molecule has 7 heteroatoms. The second kappa shape index (κ2) is 4.50. The van der Waals surface area contributed by atoms with Crippen LogP contribution < -0.4 is 0 Å². The van der Waals surface area contributed by atoms with Crippen molar-refractivity contribution >= 4 is 27.6 Å². The van der Waals surface area contributed by atoms with Gasteiger partial charge in [-0.05, 0) is 0 Å². The number of carboxylic acid groups (broad SMARTS) is 1. The number of aliphatic carboxylic acids is 1. The van der Waals surface area contributed by atoms with E-state index < -0.39 is 21.2 Å². The normalized spacial score (nSPS) is 24.8. The van der Waals surface area contributed by atoms with Gasteiger partial charge in [-0.25, -0.2) is 8.42 Å². The molecule has 0 spiro atoms. The van der Waals surface area contributed by atoms with E-state index in [9.17, 15) is 13.2 Å². The number of hydrogen-bond acceptors (Lipinski definition) is 5. The number of nitrogens with zero attached hydrogens (tertiary/aromatic N) is 1. The van der Waals surface area contributed by atoms with Crippen molar-refractivity contribution in [1.82, 2.24) is 4.90 Å². The Hall–Kier alpha value is -0.270. The molecule has 1 unspecified atom stereocenters. The predicted molar refractivity (Wildman–Crippen MR) is 55.2 cm³/mol. The monoisotopic (exact) mass is 239 g/mol. The van der Waals surface area contributed by atoms with Crippen molar-refractivity contribution in [1.29, 1.82) is 0 Å². The minimum Gasteiger partial charge on any atom is -0.480 e. The molecule has 1 aliphatic rings. The Labute approximate surface area is 87.4 Å². The van der Waals surface area contributed by atoms with Crippen LogP contribution >= 0.6 is 11.8 Å². The Bertz CT molecular complexity index is 314. The third kappa shape index (κ3) is 3.14. The number of hydrogen-bond donors (Lipinski definition) is 1. The highest BCUT2D eigenvalue weighted by Crippen LogP contribution is 2.19. The molecule has 0 aliphatic carbocycles. The Kier molecular flexibility index (Phi) is 3.79. The van der Waals surface area contributed by atoms with Crippen molar-refractivity contribution in [3.63, 3.8) is 0 Å². The molecule has 0 aromatic rings. The number of sulfone groups is 1. The fourth-order valence-electron chi connectivity index (χ4n) is 1.36. The molecule has 1 N–H and O–H groups in total. The first-order valence-corrected chi connectivity index (χ1v) is 7.24. The zero-order valence-corrected chi connectivity index (χ0v) is 9.47. The fraction of sp³-hybridized carbons (Fsp3) is 0.857. The van der Waals surface area contributed by atoms with Gasteiger partial charge in [-0.1, -0.05) is 0 Å². The van der Waals surface area contributed by atoms with E-state index in [1.54, 1.807) is 11.8 Å².